The number of anilines is 2. The van der Waals surface area contributed by atoms with Gasteiger partial charge < -0.3 is 20.9 Å². The molecule has 0 fully saturated rings. The zero-order valence-electron chi connectivity index (χ0n) is 11.3. The number of ether oxygens (including phenoxy) is 1. The fourth-order valence-electron chi connectivity index (χ4n) is 1.72. The molecule has 2 aromatic carbocycles. The van der Waals surface area contributed by atoms with Gasteiger partial charge in [0.05, 0.1) is 12.8 Å². The number of carbonyl (C=O) groups is 1. The molecule has 0 aromatic heterocycles. The SMILES string of the molecule is COc1ccc(O)c(NC(=O)c2ccc(C)c(N)c2)c1. The van der Waals surface area contributed by atoms with Crippen LogP contribution in [0.25, 0.3) is 0 Å². The molecule has 0 spiro atoms. The summed E-state index contributed by atoms with van der Waals surface area (Å²) in [5.74, 6) is 0.168. The average molecular weight is 272 g/mol. The third-order valence-corrected chi connectivity index (χ3v) is 2.99. The number of nitrogen functional groups attached to an aromatic ring is 1. The van der Waals surface area contributed by atoms with Gasteiger partial charge in [-0.1, -0.05) is 6.07 Å². The first-order chi connectivity index (χ1) is 9.51. The van der Waals surface area contributed by atoms with E-state index in [1.807, 2.05) is 6.92 Å². The molecule has 0 unspecified atom stereocenters. The minimum atomic E-state index is -0.347. The van der Waals surface area contributed by atoms with Crippen LogP contribution in [-0.2, 0) is 0 Å². The second-order valence-corrected chi connectivity index (χ2v) is 4.41. The monoisotopic (exact) mass is 272 g/mol. The number of rotatable bonds is 3. The molecular formula is C15H16N2O3. The highest BCUT2D eigenvalue weighted by Gasteiger charge is 2.10. The van der Waals surface area contributed by atoms with E-state index >= 15 is 0 Å². The standard InChI is InChI=1S/C15H16N2O3/c1-9-3-4-10(7-12(9)16)15(19)17-13-8-11(20-2)5-6-14(13)18/h3-8,18H,16H2,1-2H3,(H,17,19). The van der Waals surface area contributed by atoms with Gasteiger partial charge in [-0.25, -0.2) is 0 Å². The Kier molecular flexibility index (Phi) is 3.79. The summed E-state index contributed by atoms with van der Waals surface area (Å²) >= 11 is 0. The summed E-state index contributed by atoms with van der Waals surface area (Å²) in [5.41, 5.74) is 7.95. The highest BCUT2D eigenvalue weighted by molar-refractivity contribution is 6.05. The molecule has 2 rings (SSSR count). The summed E-state index contributed by atoms with van der Waals surface area (Å²) < 4.78 is 5.05. The zero-order chi connectivity index (χ0) is 14.7. The first kappa shape index (κ1) is 13.7. The Hall–Kier alpha value is -2.69. The van der Waals surface area contributed by atoms with E-state index in [1.165, 1.54) is 13.2 Å². The first-order valence-electron chi connectivity index (χ1n) is 6.05. The number of phenols is 1. The molecule has 4 N–H and O–H groups in total. The molecule has 0 saturated heterocycles. The van der Waals surface area contributed by atoms with E-state index in [-0.39, 0.29) is 17.3 Å². The van der Waals surface area contributed by atoms with Gasteiger partial charge >= 0.3 is 0 Å². The molecule has 20 heavy (non-hydrogen) atoms. The molecule has 0 radical (unpaired) electrons. The van der Waals surface area contributed by atoms with Crippen LogP contribution in [0.5, 0.6) is 11.5 Å². The smallest absolute Gasteiger partial charge is 0.255 e. The van der Waals surface area contributed by atoms with Crippen molar-refractivity contribution in [1.82, 2.24) is 0 Å². The molecule has 0 bridgehead atoms. The maximum absolute atomic E-state index is 12.1. The predicted molar refractivity (Wildman–Crippen MR) is 78.2 cm³/mol. The molecule has 0 aliphatic rings. The van der Waals surface area contributed by atoms with Crippen LogP contribution in [0.2, 0.25) is 0 Å². The fourth-order valence-corrected chi connectivity index (χ4v) is 1.72. The minimum absolute atomic E-state index is 0.0285. The van der Waals surface area contributed by atoms with Crippen molar-refractivity contribution >= 4 is 17.3 Å². The van der Waals surface area contributed by atoms with Gasteiger partial charge in [0.15, 0.2) is 0 Å². The number of carbonyl (C=O) groups excluding carboxylic acids is 1. The van der Waals surface area contributed by atoms with Crippen molar-refractivity contribution in [2.75, 3.05) is 18.2 Å². The summed E-state index contributed by atoms with van der Waals surface area (Å²) in [5, 5.41) is 12.4. The molecule has 0 atom stereocenters. The Morgan fingerprint density at radius 3 is 2.65 bits per heavy atom. The van der Waals surface area contributed by atoms with Crippen molar-refractivity contribution in [3.63, 3.8) is 0 Å². The second kappa shape index (κ2) is 5.52. The van der Waals surface area contributed by atoms with Crippen molar-refractivity contribution in [1.29, 1.82) is 0 Å². The summed E-state index contributed by atoms with van der Waals surface area (Å²) in [6.07, 6.45) is 0. The van der Waals surface area contributed by atoms with E-state index in [9.17, 15) is 9.90 Å². The lowest BCUT2D eigenvalue weighted by molar-refractivity contribution is 0.102. The fraction of sp³-hybridized carbons (Fsp3) is 0.133. The highest BCUT2D eigenvalue weighted by atomic mass is 16.5. The summed E-state index contributed by atoms with van der Waals surface area (Å²) in [6, 6.07) is 9.66. The Bertz CT molecular complexity index is 654. The number of hydrogen-bond acceptors (Lipinski definition) is 4. The lowest BCUT2D eigenvalue weighted by atomic mass is 10.1. The molecule has 0 heterocycles. The molecule has 1 amide bonds. The van der Waals surface area contributed by atoms with Crippen molar-refractivity contribution in [2.24, 2.45) is 0 Å². The third-order valence-electron chi connectivity index (χ3n) is 2.99. The van der Waals surface area contributed by atoms with E-state index < -0.39 is 0 Å². The number of methoxy groups -OCH3 is 1. The van der Waals surface area contributed by atoms with Crippen LogP contribution >= 0.6 is 0 Å². The maximum Gasteiger partial charge on any atom is 0.255 e. The number of aryl methyl sites for hydroxylation is 1. The zero-order valence-corrected chi connectivity index (χ0v) is 11.3. The van der Waals surface area contributed by atoms with Crippen LogP contribution in [0.1, 0.15) is 15.9 Å². The van der Waals surface area contributed by atoms with Crippen molar-refractivity contribution in [3.8, 4) is 11.5 Å². The number of benzene rings is 2. The quantitative estimate of drug-likeness (QED) is 0.592. The second-order valence-electron chi connectivity index (χ2n) is 4.41. The van der Waals surface area contributed by atoms with Gasteiger partial charge in [0.2, 0.25) is 0 Å². The maximum atomic E-state index is 12.1. The molecular weight excluding hydrogens is 256 g/mol. The Labute approximate surface area is 117 Å². The number of nitrogens with two attached hydrogens (primary N) is 1. The number of nitrogens with one attached hydrogen (secondary N) is 1. The van der Waals surface area contributed by atoms with Crippen LogP contribution in [0.15, 0.2) is 36.4 Å². The normalized spacial score (nSPS) is 10.1. The van der Waals surface area contributed by atoms with Crippen LogP contribution in [0, 0.1) is 6.92 Å². The molecule has 2 aromatic rings. The predicted octanol–water partition coefficient (Wildman–Crippen LogP) is 2.54. The summed E-state index contributed by atoms with van der Waals surface area (Å²) in [6.45, 7) is 1.87. The Morgan fingerprint density at radius 2 is 2.00 bits per heavy atom. The molecule has 5 nitrogen and oxygen atoms in total. The van der Waals surface area contributed by atoms with Crippen LogP contribution in [0.4, 0.5) is 11.4 Å². The summed E-state index contributed by atoms with van der Waals surface area (Å²) in [7, 11) is 1.51. The van der Waals surface area contributed by atoms with Crippen LogP contribution in [-0.4, -0.2) is 18.1 Å². The lowest BCUT2D eigenvalue weighted by Crippen LogP contribution is -2.12. The van der Waals surface area contributed by atoms with Gasteiger partial charge in [-0.2, -0.15) is 0 Å². The Balaban J connectivity index is 2.25. The third kappa shape index (κ3) is 2.83. The van der Waals surface area contributed by atoms with Gasteiger partial charge in [-0.3, -0.25) is 4.79 Å². The largest absolute Gasteiger partial charge is 0.506 e. The van der Waals surface area contributed by atoms with Crippen LogP contribution in [0.3, 0.4) is 0 Å². The van der Waals surface area contributed by atoms with Gasteiger partial charge in [0.25, 0.3) is 5.91 Å². The van der Waals surface area contributed by atoms with E-state index in [2.05, 4.69) is 5.32 Å². The van der Waals surface area contributed by atoms with E-state index in [0.29, 0.717) is 17.0 Å². The van der Waals surface area contributed by atoms with Crippen molar-refractivity contribution < 1.29 is 14.6 Å². The Morgan fingerprint density at radius 1 is 1.25 bits per heavy atom. The number of phenolic OH excluding ortho intramolecular Hbond substituents is 1. The lowest BCUT2D eigenvalue weighted by Gasteiger charge is -2.10. The van der Waals surface area contributed by atoms with Gasteiger partial charge in [0, 0.05) is 17.3 Å². The van der Waals surface area contributed by atoms with Crippen molar-refractivity contribution in [2.45, 2.75) is 6.92 Å². The van der Waals surface area contributed by atoms with E-state index in [4.69, 9.17) is 10.5 Å². The minimum Gasteiger partial charge on any atom is -0.506 e. The molecule has 104 valence electrons. The molecule has 0 saturated carbocycles. The molecule has 0 aliphatic heterocycles. The number of amides is 1. The van der Waals surface area contributed by atoms with Gasteiger partial charge in [0.1, 0.15) is 11.5 Å². The van der Waals surface area contributed by atoms with Gasteiger partial charge in [-0.05, 0) is 36.8 Å². The topological polar surface area (TPSA) is 84.6 Å². The van der Waals surface area contributed by atoms with E-state index in [0.717, 1.165) is 5.56 Å². The number of aromatic hydroxyl groups is 1. The van der Waals surface area contributed by atoms with E-state index in [1.54, 1.807) is 30.3 Å². The van der Waals surface area contributed by atoms with Gasteiger partial charge in [-0.15, -0.1) is 0 Å². The van der Waals surface area contributed by atoms with Crippen LogP contribution < -0.4 is 15.8 Å². The van der Waals surface area contributed by atoms with Crippen molar-refractivity contribution in [3.05, 3.63) is 47.5 Å². The molecule has 0 aliphatic carbocycles. The summed E-state index contributed by atoms with van der Waals surface area (Å²) in [4.78, 5) is 12.1. The molecule has 5 heteroatoms. The average Bonchev–Trinajstić information content (AvgIpc) is 2.44. The number of hydrogen-bond donors (Lipinski definition) is 3. The first-order valence-corrected chi connectivity index (χ1v) is 6.05. The highest BCUT2D eigenvalue weighted by Crippen LogP contribution is 2.28.